The average Bonchev–Trinajstić information content (AvgIpc) is 2.72. The van der Waals surface area contributed by atoms with E-state index < -0.39 is 0 Å². The van der Waals surface area contributed by atoms with Gasteiger partial charge >= 0.3 is 0 Å². The zero-order chi connectivity index (χ0) is 18.9. The zero-order valence-corrected chi connectivity index (χ0v) is 16.8. The number of aromatic nitrogens is 1. The van der Waals surface area contributed by atoms with Gasteiger partial charge in [-0.1, -0.05) is 6.07 Å². The first-order chi connectivity index (χ1) is 13.2. The monoisotopic (exact) mass is 374 g/mol. The summed E-state index contributed by atoms with van der Waals surface area (Å²) < 4.78 is 11.9. The standard InChI is InChI=1S/C21H34N4O2/c1-17-6-7-18(15-24-17)8-11-23-21(22-2)25-12-9-19(10-13-25)27-16-20-5-3-4-14-26-20/h6-7,15,19-20H,3-5,8-14,16H2,1-2H3,(H,22,23). The minimum atomic E-state index is 0.308. The summed E-state index contributed by atoms with van der Waals surface area (Å²) in [7, 11) is 1.86. The molecule has 2 aliphatic heterocycles. The molecule has 0 amide bonds. The van der Waals surface area contributed by atoms with E-state index in [9.17, 15) is 0 Å². The average molecular weight is 375 g/mol. The van der Waals surface area contributed by atoms with Gasteiger partial charge in [0.25, 0.3) is 0 Å². The van der Waals surface area contributed by atoms with Gasteiger partial charge in [-0.15, -0.1) is 0 Å². The van der Waals surface area contributed by atoms with Gasteiger partial charge in [0, 0.05) is 45.2 Å². The summed E-state index contributed by atoms with van der Waals surface area (Å²) in [5, 5.41) is 3.49. The molecule has 0 spiro atoms. The summed E-state index contributed by atoms with van der Waals surface area (Å²) in [4.78, 5) is 11.1. The second-order valence-electron chi connectivity index (χ2n) is 7.54. The molecule has 6 heteroatoms. The van der Waals surface area contributed by atoms with Crippen molar-refractivity contribution in [2.45, 2.75) is 57.7 Å². The molecule has 1 aromatic rings. The van der Waals surface area contributed by atoms with Gasteiger partial charge in [-0.2, -0.15) is 0 Å². The van der Waals surface area contributed by atoms with E-state index in [1.165, 1.54) is 18.4 Å². The van der Waals surface area contributed by atoms with E-state index in [-0.39, 0.29) is 0 Å². The lowest BCUT2D eigenvalue weighted by Crippen LogP contribution is -2.47. The number of piperidine rings is 1. The quantitative estimate of drug-likeness (QED) is 0.613. The van der Waals surface area contributed by atoms with Crippen molar-refractivity contribution in [3.8, 4) is 0 Å². The van der Waals surface area contributed by atoms with Crippen molar-refractivity contribution in [2.75, 3.05) is 39.9 Å². The molecule has 0 bridgehead atoms. The van der Waals surface area contributed by atoms with Crippen LogP contribution in [0.25, 0.3) is 0 Å². The second-order valence-corrected chi connectivity index (χ2v) is 7.54. The Morgan fingerprint density at radius 1 is 1.30 bits per heavy atom. The SMILES string of the molecule is CN=C(NCCc1ccc(C)nc1)N1CCC(OCC2CCCCO2)CC1. The Labute approximate surface area is 163 Å². The largest absolute Gasteiger partial charge is 0.376 e. The molecule has 3 heterocycles. The van der Waals surface area contributed by atoms with Crippen LogP contribution in [0.4, 0.5) is 0 Å². The highest BCUT2D eigenvalue weighted by Crippen LogP contribution is 2.18. The third kappa shape index (κ3) is 6.47. The lowest BCUT2D eigenvalue weighted by atomic mass is 10.1. The fraction of sp³-hybridized carbons (Fsp3) is 0.714. The van der Waals surface area contributed by atoms with Crippen LogP contribution in [0, 0.1) is 6.92 Å². The maximum atomic E-state index is 6.11. The molecule has 27 heavy (non-hydrogen) atoms. The van der Waals surface area contributed by atoms with Gasteiger partial charge in [-0.05, 0) is 57.1 Å². The van der Waals surface area contributed by atoms with Crippen LogP contribution in [0.3, 0.4) is 0 Å². The van der Waals surface area contributed by atoms with Gasteiger partial charge in [-0.3, -0.25) is 9.98 Å². The number of likely N-dealkylation sites (tertiary alicyclic amines) is 1. The van der Waals surface area contributed by atoms with Crippen molar-refractivity contribution in [1.82, 2.24) is 15.2 Å². The number of ether oxygens (including phenoxy) is 2. The van der Waals surface area contributed by atoms with Gasteiger partial charge in [0.2, 0.25) is 0 Å². The lowest BCUT2D eigenvalue weighted by molar-refractivity contribution is -0.0721. The van der Waals surface area contributed by atoms with Crippen LogP contribution in [0.1, 0.15) is 43.4 Å². The molecule has 1 aromatic heterocycles. The van der Waals surface area contributed by atoms with Gasteiger partial charge in [0.15, 0.2) is 5.96 Å². The van der Waals surface area contributed by atoms with Crippen molar-refractivity contribution in [3.63, 3.8) is 0 Å². The fourth-order valence-electron chi connectivity index (χ4n) is 3.71. The lowest BCUT2D eigenvalue weighted by Gasteiger charge is -2.35. The summed E-state index contributed by atoms with van der Waals surface area (Å²) >= 11 is 0. The van der Waals surface area contributed by atoms with Gasteiger partial charge < -0.3 is 19.7 Å². The molecule has 6 nitrogen and oxygen atoms in total. The number of guanidine groups is 1. The summed E-state index contributed by atoms with van der Waals surface area (Å²) in [5.74, 6) is 0.990. The number of aryl methyl sites for hydroxylation is 1. The van der Waals surface area contributed by atoms with E-state index >= 15 is 0 Å². The van der Waals surface area contributed by atoms with Crippen LogP contribution in [0.2, 0.25) is 0 Å². The van der Waals surface area contributed by atoms with E-state index in [2.05, 4.69) is 32.3 Å². The molecule has 2 fully saturated rings. The molecular weight excluding hydrogens is 340 g/mol. The number of nitrogens with zero attached hydrogens (tertiary/aromatic N) is 3. The molecule has 2 saturated heterocycles. The Kier molecular flexibility index (Phi) is 7.90. The van der Waals surface area contributed by atoms with Crippen LogP contribution in [-0.4, -0.2) is 67.9 Å². The molecule has 3 rings (SSSR count). The number of hydrogen-bond acceptors (Lipinski definition) is 4. The van der Waals surface area contributed by atoms with E-state index in [1.54, 1.807) is 0 Å². The Balaban J connectivity index is 1.34. The Hall–Kier alpha value is -1.66. The first kappa shape index (κ1) is 20.1. The molecule has 2 aliphatic rings. The molecule has 0 aliphatic carbocycles. The number of hydrogen-bond donors (Lipinski definition) is 1. The van der Waals surface area contributed by atoms with Crippen molar-refractivity contribution >= 4 is 5.96 Å². The maximum Gasteiger partial charge on any atom is 0.193 e. The summed E-state index contributed by atoms with van der Waals surface area (Å²) in [6.45, 7) is 6.51. The van der Waals surface area contributed by atoms with Crippen LogP contribution >= 0.6 is 0 Å². The minimum Gasteiger partial charge on any atom is -0.376 e. The van der Waals surface area contributed by atoms with E-state index in [0.717, 1.165) is 70.2 Å². The topological polar surface area (TPSA) is 59.0 Å². The molecule has 1 atom stereocenters. The number of aliphatic imine (C=N–C) groups is 1. The molecule has 0 aromatic carbocycles. The van der Waals surface area contributed by atoms with Gasteiger partial charge in [-0.25, -0.2) is 0 Å². The molecular formula is C21H34N4O2. The fourth-order valence-corrected chi connectivity index (χ4v) is 3.71. The molecule has 1 N–H and O–H groups in total. The van der Waals surface area contributed by atoms with Crippen LogP contribution in [-0.2, 0) is 15.9 Å². The van der Waals surface area contributed by atoms with Crippen molar-refractivity contribution < 1.29 is 9.47 Å². The highest BCUT2D eigenvalue weighted by Gasteiger charge is 2.23. The number of pyridine rings is 1. The second kappa shape index (κ2) is 10.6. The van der Waals surface area contributed by atoms with E-state index in [1.807, 2.05) is 20.2 Å². The predicted octanol–water partition coefficient (Wildman–Crippen LogP) is 2.56. The molecule has 1 unspecified atom stereocenters. The molecule has 0 radical (unpaired) electrons. The van der Waals surface area contributed by atoms with Crippen LogP contribution in [0.15, 0.2) is 23.3 Å². The normalized spacial score (nSPS) is 22.1. The Morgan fingerprint density at radius 2 is 2.15 bits per heavy atom. The first-order valence-corrected chi connectivity index (χ1v) is 10.3. The third-order valence-electron chi connectivity index (χ3n) is 5.41. The predicted molar refractivity (Wildman–Crippen MR) is 108 cm³/mol. The van der Waals surface area contributed by atoms with E-state index in [0.29, 0.717) is 12.2 Å². The highest BCUT2D eigenvalue weighted by molar-refractivity contribution is 5.79. The number of rotatable bonds is 6. The first-order valence-electron chi connectivity index (χ1n) is 10.3. The zero-order valence-electron chi connectivity index (χ0n) is 16.8. The number of nitrogens with one attached hydrogen (secondary N) is 1. The van der Waals surface area contributed by atoms with Crippen LogP contribution in [0.5, 0.6) is 0 Å². The van der Waals surface area contributed by atoms with Crippen LogP contribution < -0.4 is 5.32 Å². The van der Waals surface area contributed by atoms with Gasteiger partial charge in [0.05, 0.1) is 18.8 Å². The maximum absolute atomic E-state index is 6.11. The minimum absolute atomic E-state index is 0.308. The smallest absolute Gasteiger partial charge is 0.193 e. The Bertz CT molecular complexity index is 576. The highest BCUT2D eigenvalue weighted by atomic mass is 16.5. The van der Waals surface area contributed by atoms with Crippen molar-refractivity contribution in [2.24, 2.45) is 4.99 Å². The summed E-state index contributed by atoms with van der Waals surface area (Å²) in [5.41, 5.74) is 2.31. The van der Waals surface area contributed by atoms with E-state index in [4.69, 9.17) is 9.47 Å². The third-order valence-corrected chi connectivity index (χ3v) is 5.41. The molecule has 150 valence electrons. The van der Waals surface area contributed by atoms with Crippen molar-refractivity contribution in [3.05, 3.63) is 29.6 Å². The summed E-state index contributed by atoms with van der Waals surface area (Å²) in [6.07, 6.45) is 9.28. The van der Waals surface area contributed by atoms with Gasteiger partial charge in [0.1, 0.15) is 0 Å². The molecule has 0 saturated carbocycles. The van der Waals surface area contributed by atoms with Crippen molar-refractivity contribution in [1.29, 1.82) is 0 Å². The summed E-state index contributed by atoms with van der Waals surface area (Å²) in [6, 6.07) is 4.21. The Morgan fingerprint density at radius 3 is 2.81 bits per heavy atom.